The molecular formula is C99H63Br3N12. The molecule has 12 aromatic heterocycles. The molecule has 0 aliphatic rings. The SMILES string of the molecule is Brc1ccc2c(c1)c1cccnc1n2-c1cccc(-c2cc(-c3ccccc3)cc(-c3ccccc3)n2)c1.Brc1ccc2c(c1)c1cccnc1n2-c1cccc(-c2cc(-c3ccccn3)cc(-c3ccccn3)c2)c1.Brc1ccc2c(c1)c1cccnc1n2-c1cccc(-c2cc(-c3ccccn3)nc(-c3ccccn3)c2)c1. The van der Waals surface area contributed by atoms with Gasteiger partial charge in [0.15, 0.2) is 0 Å². The van der Waals surface area contributed by atoms with Crippen molar-refractivity contribution in [2.24, 2.45) is 0 Å². The van der Waals surface area contributed by atoms with Gasteiger partial charge in [-0.25, -0.2) is 24.9 Å². The number of benzene rings is 9. The molecule has 0 fully saturated rings. The van der Waals surface area contributed by atoms with Gasteiger partial charge in [-0.1, -0.05) is 169 Å². The van der Waals surface area contributed by atoms with E-state index in [9.17, 15) is 0 Å². The second-order valence-corrected chi connectivity index (χ2v) is 30.2. The average Bonchev–Trinajstić information content (AvgIpc) is 1.69. The Morgan fingerprint density at radius 3 is 0.904 bits per heavy atom. The first kappa shape index (κ1) is 70.5. The Kier molecular flexibility index (Phi) is 19.3. The zero-order valence-electron chi connectivity index (χ0n) is 60.9. The van der Waals surface area contributed by atoms with Crippen LogP contribution in [0.3, 0.4) is 0 Å². The van der Waals surface area contributed by atoms with Crippen LogP contribution in [0.5, 0.6) is 0 Å². The fourth-order valence-corrected chi connectivity index (χ4v) is 16.2. The monoisotopic (exact) mass is 1660 g/mol. The van der Waals surface area contributed by atoms with Crippen molar-refractivity contribution in [1.29, 1.82) is 0 Å². The quantitative estimate of drug-likeness (QED) is 0.117. The Balaban J connectivity index is 0.000000115. The highest BCUT2D eigenvalue weighted by molar-refractivity contribution is 9.11. The standard InChI is InChI=1S/C34H22BrN3.C33H21BrN4.C32H20BrN5/c35-27-16-17-33-30(22-27)29-15-8-18-36-34(29)38(33)28-14-7-13-25(19-28)32-21-26(23-9-3-1-4-10-23)20-31(37-32)24-11-5-2-6-12-24;34-26-12-13-32-29(21-26)28-9-6-16-37-33(28)38(32)27-8-5-7-22(20-27)23-17-24(30-10-1-3-14-35-30)19-25(18-23)31-11-2-4-15-36-31;33-23-12-13-31-26(20-23)25-9-6-16-36-32(25)38(31)24-8-5-7-21(17-24)22-18-29(27-10-1-3-14-34-27)37-30(19-22)28-11-2-4-15-35-28/h1-22H;1-21H;1-20H. The molecule has 0 amide bonds. The molecule has 21 rings (SSSR count). The highest BCUT2D eigenvalue weighted by atomic mass is 79.9. The van der Waals surface area contributed by atoms with Crippen LogP contribution in [0.1, 0.15) is 0 Å². The fraction of sp³-hybridized carbons (Fsp3) is 0. The number of fused-ring (bicyclic) bond motifs is 9. The molecule has 0 saturated heterocycles. The first-order valence-electron chi connectivity index (χ1n) is 37.2. The van der Waals surface area contributed by atoms with E-state index in [1.807, 2.05) is 134 Å². The fourth-order valence-electron chi connectivity index (χ4n) is 15.1. The normalized spacial score (nSPS) is 11.3. The van der Waals surface area contributed by atoms with Crippen molar-refractivity contribution in [2.75, 3.05) is 0 Å². The molecule has 0 aliphatic carbocycles. The first-order chi connectivity index (χ1) is 56.2. The Morgan fingerprint density at radius 2 is 0.491 bits per heavy atom. The maximum absolute atomic E-state index is 5.13. The van der Waals surface area contributed by atoms with Crippen molar-refractivity contribution in [3.8, 4) is 118 Å². The molecule has 0 aliphatic heterocycles. The third-order valence-electron chi connectivity index (χ3n) is 20.3. The molecule has 0 atom stereocenters. The molecule has 0 bridgehead atoms. The summed E-state index contributed by atoms with van der Waals surface area (Å²) in [7, 11) is 0. The van der Waals surface area contributed by atoms with E-state index < -0.39 is 0 Å². The molecule has 0 unspecified atom stereocenters. The molecule has 0 spiro atoms. The van der Waals surface area contributed by atoms with Gasteiger partial charge < -0.3 is 0 Å². The van der Waals surface area contributed by atoms with Gasteiger partial charge in [-0.05, 0) is 252 Å². The van der Waals surface area contributed by atoms with Crippen LogP contribution in [-0.2, 0) is 0 Å². The lowest BCUT2D eigenvalue weighted by atomic mass is 9.96. The summed E-state index contributed by atoms with van der Waals surface area (Å²) in [5.74, 6) is 0. The van der Waals surface area contributed by atoms with Crippen LogP contribution in [0.25, 0.3) is 184 Å². The van der Waals surface area contributed by atoms with Gasteiger partial charge in [0.05, 0.1) is 62.1 Å². The Hall–Kier alpha value is -13.8. The van der Waals surface area contributed by atoms with E-state index in [-0.39, 0.29) is 0 Å². The van der Waals surface area contributed by atoms with Crippen molar-refractivity contribution in [3.05, 3.63) is 397 Å². The Labute approximate surface area is 681 Å². The zero-order chi connectivity index (χ0) is 76.4. The first-order valence-corrected chi connectivity index (χ1v) is 39.5. The number of pyridine rings is 9. The van der Waals surface area contributed by atoms with Gasteiger partial charge in [0.1, 0.15) is 16.9 Å². The van der Waals surface area contributed by atoms with Crippen LogP contribution in [0.4, 0.5) is 0 Å². The third-order valence-corrected chi connectivity index (χ3v) is 21.8. The highest BCUT2D eigenvalue weighted by Gasteiger charge is 2.21. The lowest BCUT2D eigenvalue weighted by Crippen LogP contribution is -1.97. The largest absolute Gasteiger partial charge is 0.294 e. The smallest absolute Gasteiger partial charge is 0.145 e. The number of aromatic nitrogens is 12. The molecule has 21 aromatic rings. The minimum Gasteiger partial charge on any atom is -0.294 e. The number of hydrogen-bond donors (Lipinski definition) is 0. The van der Waals surface area contributed by atoms with Gasteiger partial charge in [0, 0.05) is 128 Å². The van der Waals surface area contributed by atoms with Crippen molar-refractivity contribution >= 4 is 114 Å². The maximum atomic E-state index is 5.13. The zero-order valence-corrected chi connectivity index (χ0v) is 65.6. The minimum atomic E-state index is 0.803. The molecular weight excluding hydrogens is 1600 g/mol. The number of hydrogen-bond acceptors (Lipinski definition) is 9. The van der Waals surface area contributed by atoms with Crippen LogP contribution >= 0.6 is 47.8 Å². The van der Waals surface area contributed by atoms with E-state index in [1.165, 1.54) is 16.3 Å². The van der Waals surface area contributed by atoms with Gasteiger partial charge in [-0.15, -0.1) is 0 Å². The maximum Gasteiger partial charge on any atom is 0.145 e. The van der Waals surface area contributed by atoms with E-state index in [2.05, 4.69) is 318 Å². The van der Waals surface area contributed by atoms with Crippen LogP contribution in [0.15, 0.2) is 397 Å². The van der Waals surface area contributed by atoms with E-state index >= 15 is 0 Å². The summed E-state index contributed by atoms with van der Waals surface area (Å²) < 4.78 is 9.85. The summed E-state index contributed by atoms with van der Waals surface area (Å²) in [4.78, 5) is 42.7. The van der Waals surface area contributed by atoms with Crippen LogP contribution in [-0.4, -0.2) is 58.6 Å². The topological polar surface area (TPSA) is 131 Å². The second-order valence-electron chi connectivity index (χ2n) is 27.4. The van der Waals surface area contributed by atoms with Crippen LogP contribution < -0.4 is 0 Å². The van der Waals surface area contributed by atoms with Crippen LogP contribution in [0.2, 0.25) is 0 Å². The summed E-state index contributed by atoms with van der Waals surface area (Å²) >= 11 is 10.9. The molecule has 540 valence electrons. The minimum absolute atomic E-state index is 0.803. The van der Waals surface area contributed by atoms with Gasteiger partial charge in [0.25, 0.3) is 0 Å². The highest BCUT2D eigenvalue weighted by Crippen LogP contribution is 2.41. The van der Waals surface area contributed by atoms with Gasteiger partial charge >= 0.3 is 0 Å². The summed E-state index contributed by atoms with van der Waals surface area (Å²) in [5, 5.41) is 6.87. The molecule has 12 nitrogen and oxygen atoms in total. The summed E-state index contributed by atoms with van der Waals surface area (Å²) in [6.45, 7) is 0. The second kappa shape index (κ2) is 31.1. The molecule has 114 heavy (non-hydrogen) atoms. The lowest BCUT2D eigenvalue weighted by Gasteiger charge is -2.13. The lowest BCUT2D eigenvalue weighted by molar-refractivity contribution is 1.13. The number of nitrogens with zero attached hydrogens (tertiary/aromatic N) is 12. The van der Waals surface area contributed by atoms with E-state index in [0.717, 1.165) is 181 Å². The predicted octanol–water partition coefficient (Wildman–Crippen LogP) is 26.2. The predicted molar refractivity (Wildman–Crippen MR) is 475 cm³/mol. The Morgan fingerprint density at radius 1 is 0.175 bits per heavy atom. The summed E-state index contributed by atoms with van der Waals surface area (Å²) in [5.41, 5.74) is 27.2. The molecule has 0 N–H and O–H groups in total. The van der Waals surface area contributed by atoms with Crippen molar-refractivity contribution in [1.82, 2.24) is 58.6 Å². The van der Waals surface area contributed by atoms with Crippen molar-refractivity contribution in [2.45, 2.75) is 0 Å². The van der Waals surface area contributed by atoms with Crippen molar-refractivity contribution in [3.63, 3.8) is 0 Å². The molecule has 0 saturated carbocycles. The molecule has 0 radical (unpaired) electrons. The summed E-state index contributed by atoms with van der Waals surface area (Å²) in [6.07, 6.45) is 12.8. The van der Waals surface area contributed by atoms with Crippen LogP contribution in [0, 0.1) is 0 Å². The van der Waals surface area contributed by atoms with Gasteiger partial charge in [-0.2, -0.15) is 0 Å². The van der Waals surface area contributed by atoms with E-state index in [1.54, 1.807) is 12.4 Å². The van der Waals surface area contributed by atoms with Gasteiger partial charge in [0.2, 0.25) is 0 Å². The third kappa shape index (κ3) is 14.1. The van der Waals surface area contributed by atoms with E-state index in [0.29, 0.717) is 0 Å². The van der Waals surface area contributed by atoms with E-state index in [4.69, 9.17) is 24.9 Å². The van der Waals surface area contributed by atoms with Crippen molar-refractivity contribution < 1.29 is 0 Å². The summed E-state index contributed by atoms with van der Waals surface area (Å²) in [6, 6.07) is 117. The average molecular weight is 1660 g/mol. The molecule has 12 heterocycles. The number of halogens is 3. The molecule has 15 heteroatoms. The Bertz CT molecular complexity index is 6290. The van der Waals surface area contributed by atoms with Gasteiger partial charge in [-0.3, -0.25) is 33.6 Å². The number of rotatable bonds is 12. The molecule has 9 aromatic carbocycles.